The maximum absolute atomic E-state index is 13.4. The molecule has 1 fully saturated rings. The summed E-state index contributed by atoms with van der Waals surface area (Å²) in [7, 11) is 0. The van der Waals surface area contributed by atoms with E-state index in [-0.39, 0.29) is 37.6 Å². The number of piperidine rings is 1. The van der Waals surface area contributed by atoms with E-state index >= 15 is 0 Å². The first-order valence-electron chi connectivity index (χ1n) is 6.69. The number of amides is 1. The third-order valence-electron chi connectivity index (χ3n) is 3.37. The molecule has 1 aliphatic rings. The van der Waals surface area contributed by atoms with Crippen molar-refractivity contribution in [1.29, 1.82) is 0 Å². The Labute approximate surface area is 124 Å². The van der Waals surface area contributed by atoms with E-state index in [1.54, 1.807) is 0 Å². The average Bonchev–Trinajstić information content (AvgIpc) is 2.42. The van der Waals surface area contributed by atoms with Crippen LogP contribution in [0.5, 0.6) is 5.75 Å². The molecule has 122 valence electrons. The maximum Gasteiger partial charge on any atom is 0.573 e. The molecule has 4 nitrogen and oxygen atoms in total. The van der Waals surface area contributed by atoms with Crippen molar-refractivity contribution in [1.82, 2.24) is 4.90 Å². The number of benzene rings is 1. The molecule has 0 radical (unpaired) electrons. The Morgan fingerprint density at radius 2 is 1.95 bits per heavy atom. The van der Waals surface area contributed by atoms with Gasteiger partial charge in [0.05, 0.1) is 19.1 Å². The Kier molecular flexibility index (Phi) is 4.90. The summed E-state index contributed by atoms with van der Waals surface area (Å²) in [5.41, 5.74) is 0.501. The van der Waals surface area contributed by atoms with Crippen LogP contribution in [0.3, 0.4) is 0 Å². The first kappa shape index (κ1) is 16.5. The lowest BCUT2D eigenvalue weighted by Gasteiger charge is -2.32. The maximum atomic E-state index is 13.4. The number of hydrogen-bond acceptors (Lipinski definition) is 3. The van der Waals surface area contributed by atoms with Crippen LogP contribution in [0.1, 0.15) is 12.0 Å². The van der Waals surface area contributed by atoms with Gasteiger partial charge in [-0.1, -0.05) is 12.1 Å². The summed E-state index contributed by atoms with van der Waals surface area (Å²) in [4.78, 5) is 13.3. The number of likely N-dealkylation sites (tertiary alicyclic amines) is 1. The van der Waals surface area contributed by atoms with Crippen LogP contribution in [-0.4, -0.2) is 47.6 Å². The molecule has 0 saturated carbocycles. The first-order valence-corrected chi connectivity index (χ1v) is 6.69. The van der Waals surface area contributed by atoms with Gasteiger partial charge in [-0.25, -0.2) is 4.39 Å². The number of ether oxygens (including phenoxy) is 1. The van der Waals surface area contributed by atoms with Gasteiger partial charge in [-0.15, -0.1) is 13.2 Å². The van der Waals surface area contributed by atoms with Crippen molar-refractivity contribution in [3.05, 3.63) is 29.8 Å². The number of hydrogen-bond donors (Lipinski definition) is 1. The van der Waals surface area contributed by atoms with Gasteiger partial charge in [-0.05, 0) is 24.1 Å². The predicted molar refractivity (Wildman–Crippen MR) is 68.9 cm³/mol. The van der Waals surface area contributed by atoms with Gasteiger partial charge in [-0.2, -0.15) is 0 Å². The number of rotatable bonds is 3. The third kappa shape index (κ3) is 4.59. The highest BCUT2D eigenvalue weighted by Crippen LogP contribution is 2.23. The van der Waals surface area contributed by atoms with E-state index in [2.05, 4.69) is 4.74 Å². The number of halogens is 4. The van der Waals surface area contributed by atoms with E-state index in [4.69, 9.17) is 0 Å². The monoisotopic (exact) mass is 321 g/mol. The quantitative estimate of drug-likeness (QED) is 0.867. The summed E-state index contributed by atoms with van der Waals surface area (Å²) in [6.45, 7) is 0.0883. The number of nitrogens with zero attached hydrogens (tertiary/aromatic N) is 1. The summed E-state index contributed by atoms with van der Waals surface area (Å²) in [6.07, 6.45) is -7.16. The molecule has 1 amide bonds. The standard InChI is InChI=1S/C14H15F4NO3/c15-11-8-19(6-5-12(11)20)13(21)7-9-1-3-10(4-2-9)22-14(16,17)18/h1-4,11-12,20H,5-8H2/t11-,12+/m0/s1. The Balaban J connectivity index is 1.92. The molecule has 1 aromatic carbocycles. The second kappa shape index (κ2) is 6.51. The Hall–Kier alpha value is -1.83. The number of aliphatic hydroxyl groups excluding tert-OH is 1. The second-order valence-corrected chi connectivity index (χ2v) is 5.08. The molecule has 1 heterocycles. The smallest absolute Gasteiger partial charge is 0.406 e. The highest BCUT2D eigenvalue weighted by Gasteiger charge is 2.31. The highest BCUT2D eigenvalue weighted by molar-refractivity contribution is 5.79. The zero-order valence-electron chi connectivity index (χ0n) is 11.5. The first-order chi connectivity index (χ1) is 10.2. The van der Waals surface area contributed by atoms with Crippen molar-refractivity contribution in [2.75, 3.05) is 13.1 Å². The topological polar surface area (TPSA) is 49.8 Å². The van der Waals surface area contributed by atoms with Crippen molar-refractivity contribution in [2.24, 2.45) is 0 Å². The van der Waals surface area contributed by atoms with Crippen molar-refractivity contribution in [2.45, 2.75) is 31.5 Å². The van der Waals surface area contributed by atoms with Crippen LogP contribution >= 0.6 is 0 Å². The average molecular weight is 321 g/mol. The Bertz CT molecular complexity index is 518. The number of aliphatic hydroxyl groups is 1. The van der Waals surface area contributed by atoms with Gasteiger partial charge >= 0.3 is 6.36 Å². The summed E-state index contributed by atoms with van der Waals surface area (Å²) in [6, 6.07) is 4.94. The summed E-state index contributed by atoms with van der Waals surface area (Å²) < 4.78 is 53.2. The van der Waals surface area contributed by atoms with Gasteiger partial charge in [0.15, 0.2) is 0 Å². The zero-order valence-corrected chi connectivity index (χ0v) is 11.5. The summed E-state index contributed by atoms with van der Waals surface area (Å²) in [5, 5.41) is 9.27. The van der Waals surface area contributed by atoms with Gasteiger partial charge in [0.25, 0.3) is 0 Å². The minimum Gasteiger partial charge on any atom is -0.406 e. The SMILES string of the molecule is O=C(Cc1ccc(OC(F)(F)F)cc1)N1CC[C@@H](O)[C@@H](F)C1. The lowest BCUT2D eigenvalue weighted by molar-refractivity contribution is -0.274. The van der Waals surface area contributed by atoms with Gasteiger partial charge in [-0.3, -0.25) is 4.79 Å². The zero-order chi connectivity index (χ0) is 16.3. The normalized spacial score (nSPS) is 22.5. The fraction of sp³-hybridized carbons (Fsp3) is 0.500. The van der Waals surface area contributed by atoms with E-state index < -0.39 is 18.6 Å². The molecule has 0 spiro atoms. The lowest BCUT2D eigenvalue weighted by Crippen LogP contribution is -2.47. The van der Waals surface area contributed by atoms with Gasteiger partial charge in [0.2, 0.25) is 5.91 Å². The van der Waals surface area contributed by atoms with Gasteiger partial charge in [0, 0.05) is 6.54 Å². The second-order valence-electron chi connectivity index (χ2n) is 5.08. The van der Waals surface area contributed by atoms with E-state index in [1.807, 2.05) is 0 Å². The van der Waals surface area contributed by atoms with Crippen molar-refractivity contribution in [3.8, 4) is 5.75 Å². The van der Waals surface area contributed by atoms with E-state index in [9.17, 15) is 27.5 Å². The minimum atomic E-state index is -4.76. The van der Waals surface area contributed by atoms with Crippen molar-refractivity contribution >= 4 is 5.91 Å². The number of carbonyl (C=O) groups is 1. The molecule has 2 atom stereocenters. The molecule has 1 aromatic rings. The van der Waals surface area contributed by atoms with Crippen LogP contribution in [-0.2, 0) is 11.2 Å². The Morgan fingerprint density at radius 1 is 1.32 bits per heavy atom. The molecule has 0 aliphatic carbocycles. The van der Waals surface area contributed by atoms with Crippen LogP contribution in [0, 0.1) is 0 Å². The van der Waals surface area contributed by atoms with Crippen molar-refractivity contribution in [3.63, 3.8) is 0 Å². The molecule has 1 saturated heterocycles. The number of carbonyl (C=O) groups excluding carboxylic acids is 1. The fourth-order valence-electron chi connectivity index (χ4n) is 2.21. The molecule has 0 aromatic heterocycles. The van der Waals surface area contributed by atoms with E-state index in [0.29, 0.717) is 5.56 Å². The number of alkyl halides is 4. The predicted octanol–water partition coefficient (Wildman–Crippen LogP) is 2.06. The van der Waals surface area contributed by atoms with Crippen LogP contribution in [0.25, 0.3) is 0 Å². The summed E-state index contributed by atoms with van der Waals surface area (Å²) in [5.74, 6) is -0.701. The van der Waals surface area contributed by atoms with E-state index in [0.717, 1.165) is 12.1 Å². The molecule has 0 bridgehead atoms. The van der Waals surface area contributed by atoms with Crippen LogP contribution < -0.4 is 4.74 Å². The fourth-order valence-corrected chi connectivity index (χ4v) is 2.21. The lowest BCUT2D eigenvalue weighted by atomic mass is 10.0. The minimum absolute atomic E-state index is 0.0465. The molecule has 2 rings (SSSR count). The molecule has 1 N–H and O–H groups in total. The van der Waals surface area contributed by atoms with Crippen LogP contribution in [0.2, 0.25) is 0 Å². The third-order valence-corrected chi connectivity index (χ3v) is 3.37. The highest BCUT2D eigenvalue weighted by atomic mass is 19.4. The van der Waals surface area contributed by atoms with Gasteiger partial charge in [0.1, 0.15) is 11.9 Å². The van der Waals surface area contributed by atoms with Gasteiger partial charge < -0.3 is 14.7 Å². The summed E-state index contributed by atoms with van der Waals surface area (Å²) >= 11 is 0. The molecule has 0 unspecified atom stereocenters. The molecule has 1 aliphatic heterocycles. The molecular formula is C14H15F4NO3. The molecule has 22 heavy (non-hydrogen) atoms. The van der Waals surface area contributed by atoms with E-state index in [1.165, 1.54) is 17.0 Å². The molecular weight excluding hydrogens is 306 g/mol. The van der Waals surface area contributed by atoms with Crippen LogP contribution in [0.15, 0.2) is 24.3 Å². The molecule has 8 heteroatoms. The van der Waals surface area contributed by atoms with Crippen LogP contribution in [0.4, 0.5) is 17.6 Å². The Morgan fingerprint density at radius 3 is 2.50 bits per heavy atom. The van der Waals surface area contributed by atoms with Crippen molar-refractivity contribution < 1.29 is 32.2 Å². The largest absolute Gasteiger partial charge is 0.573 e.